The van der Waals surface area contributed by atoms with E-state index in [1.165, 1.54) is 11.8 Å². The van der Waals surface area contributed by atoms with E-state index in [-0.39, 0.29) is 6.10 Å². The monoisotopic (exact) mass is 303 g/mol. The van der Waals surface area contributed by atoms with Crippen LogP contribution in [0.15, 0.2) is 42.5 Å². The summed E-state index contributed by atoms with van der Waals surface area (Å²) < 4.78 is 11.2. The summed E-state index contributed by atoms with van der Waals surface area (Å²) in [5.74, 6) is 0.675. The number of benzene rings is 2. The van der Waals surface area contributed by atoms with E-state index in [1.54, 1.807) is 6.47 Å². The van der Waals surface area contributed by atoms with E-state index in [0.29, 0.717) is 10.1 Å². The van der Waals surface area contributed by atoms with Crippen molar-refractivity contribution in [1.29, 1.82) is 0 Å². The lowest BCUT2D eigenvalue weighted by atomic mass is 9.98. The predicted molar refractivity (Wildman–Crippen MR) is 83.4 cm³/mol. The van der Waals surface area contributed by atoms with Crippen LogP contribution in [-0.4, -0.2) is 22.7 Å². The molecule has 101 valence electrons. The summed E-state index contributed by atoms with van der Waals surface area (Å²) in [6, 6.07) is 13.9. The van der Waals surface area contributed by atoms with Gasteiger partial charge >= 0.3 is 6.47 Å². The number of rotatable bonds is 4. The Morgan fingerprint density at radius 3 is 2.85 bits per heavy atom. The molecule has 3 rings (SSSR count). The minimum atomic E-state index is -0.494. The molecule has 5 heteroatoms. The molecule has 0 amide bonds. The fourth-order valence-electron chi connectivity index (χ4n) is 2.38. The van der Waals surface area contributed by atoms with E-state index in [2.05, 4.69) is 0 Å². The van der Waals surface area contributed by atoms with Crippen LogP contribution in [0.2, 0.25) is 0 Å². The number of thiocarbonyl (C=S) groups is 1. The second kappa shape index (κ2) is 5.81. The van der Waals surface area contributed by atoms with E-state index in [1.807, 2.05) is 42.5 Å². The first-order valence-corrected chi connectivity index (χ1v) is 7.53. The standard InChI is InChI=1S/C15H11O3S2/c16-9-17-14(13-8-20-15(19)18-13)12-7-3-5-10-4-1-2-6-11(10)12/h1-7,13-14H,8H2. The SMILES string of the molecule is O=[C]OC(c1cccc2ccccc12)C1CSC(=S)O1. The van der Waals surface area contributed by atoms with Gasteiger partial charge in [-0.05, 0) is 23.0 Å². The molecule has 0 spiro atoms. The van der Waals surface area contributed by atoms with Crippen molar-refractivity contribution in [1.82, 2.24) is 0 Å². The molecule has 1 aliphatic heterocycles. The molecular weight excluding hydrogens is 292 g/mol. The predicted octanol–water partition coefficient (Wildman–Crippen LogP) is 3.38. The van der Waals surface area contributed by atoms with Crippen LogP contribution >= 0.6 is 24.0 Å². The Bertz CT molecular complexity index is 651. The van der Waals surface area contributed by atoms with Crippen LogP contribution in [0.3, 0.4) is 0 Å². The van der Waals surface area contributed by atoms with Gasteiger partial charge in [0.15, 0.2) is 12.2 Å². The smallest absolute Gasteiger partial charge is 0.418 e. The molecular formula is C15H11O3S2. The molecule has 20 heavy (non-hydrogen) atoms. The summed E-state index contributed by atoms with van der Waals surface area (Å²) in [6.07, 6.45) is -0.758. The third-order valence-corrected chi connectivity index (χ3v) is 4.53. The maximum atomic E-state index is 10.7. The number of thioether (sulfide) groups is 1. The molecule has 2 aromatic rings. The van der Waals surface area contributed by atoms with Crippen LogP contribution in [0.5, 0.6) is 0 Å². The van der Waals surface area contributed by atoms with Gasteiger partial charge in [0.1, 0.15) is 0 Å². The summed E-state index contributed by atoms with van der Waals surface area (Å²) in [5, 5.41) is 2.14. The topological polar surface area (TPSA) is 35.5 Å². The van der Waals surface area contributed by atoms with Gasteiger partial charge in [-0.2, -0.15) is 0 Å². The normalized spacial score (nSPS) is 19.6. The van der Waals surface area contributed by atoms with E-state index in [9.17, 15) is 4.79 Å². The zero-order valence-electron chi connectivity index (χ0n) is 10.4. The van der Waals surface area contributed by atoms with Gasteiger partial charge in [-0.15, -0.1) is 0 Å². The van der Waals surface area contributed by atoms with Gasteiger partial charge < -0.3 is 9.47 Å². The summed E-state index contributed by atoms with van der Waals surface area (Å²) >= 11 is 6.49. The Labute approximate surface area is 126 Å². The van der Waals surface area contributed by atoms with Crippen molar-refractivity contribution in [2.45, 2.75) is 12.2 Å². The molecule has 1 heterocycles. The number of fused-ring (bicyclic) bond motifs is 1. The molecule has 1 fully saturated rings. The van der Waals surface area contributed by atoms with Crippen molar-refractivity contribution in [2.75, 3.05) is 5.75 Å². The Morgan fingerprint density at radius 2 is 2.10 bits per heavy atom. The van der Waals surface area contributed by atoms with Crippen LogP contribution < -0.4 is 0 Å². The Balaban J connectivity index is 2.05. The highest BCUT2D eigenvalue weighted by molar-refractivity contribution is 8.22. The van der Waals surface area contributed by atoms with Crippen molar-refractivity contribution in [3.05, 3.63) is 48.0 Å². The fraction of sp³-hybridized carbons (Fsp3) is 0.200. The third-order valence-electron chi connectivity index (χ3n) is 3.26. The van der Waals surface area contributed by atoms with Crippen molar-refractivity contribution < 1.29 is 14.3 Å². The molecule has 1 aliphatic rings. The van der Waals surface area contributed by atoms with E-state index >= 15 is 0 Å². The first-order valence-electron chi connectivity index (χ1n) is 6.13. The first-order chi connectivity index (χ1) is 9.79. The van der Waals surface area contributed by atoms with Crippen molar-refractivity contribution in [2.24, 2.45) is 0 Å². The maximum Gasteiger partial charge on any atom is 0.418 e. The summed E-state index contributed by atoms with van der Waals surface area (Å²) in [4.78, 5) is 10.7. The number of hydrogen-bond donors (Lipinski definition) is 0. The molecule has 0 N–H and O–H groups in total. The molecule has 3 nitrogen and oxygen atoms in total. The molecule has 0 saturated carbocycles. The molecule has 1 saturated heterocycles. The van der Waals surface area contributed by atoms with Crippen molar-refractivity contribution in [3.8, 4) is 0 Å². The van der Waals surface area contributed by atoms with Gasteiger partial charge in [0.25, 0.3) is 0 Å². The number of hydrogen-bond acceptors (Lipinski definition) is 5. The highest BCUT2D eigenvalue weighted by Gasteiger charge is 2.33. The highest BCUT2D eigenvalue weighted by atomic mass is 32.2. The molecule has 2 aromatic carbocycles. The summed E-state index contributed by atoms with van der Waals surface area (Å²) in [6.45, 7) is 1.54. The van der Waals surface area contributed by atoms with Crippen LogP contribution in [0.25, 0.3) is 10.8 Å². The molecule has 0 bridgehead atoms. The maximum absolute atomic E-state index is 10.7. The van der Waals surface area contributed by atoms with Crippen molar-refractivity contribution >= 4 is 45.6 Å². The quantitative estimate of drug-likeness (QED) is 0.809. The molecule has 0 aromatic heterocycles. The lowest BCUT2D eigenvalue weighted by Crippen LogP contribution is -2.23. The number of ether oxygens (including phenoxy) is 2. The minimum absolute atomic E-state index is 0.264. The van der Waals surface area contributed by atoms with E-state index < -0.39 is 6.10 Å². The van der Waals surface area contributed by atoms with Gasteiger partial charge in [0, 0.05) is 11.3 Å². The van der Waals surface area contributed by atoms with Crippen LogP contribution in [0, 0.1) is 0 Å². The Morgan fingerprint density at radius 1 is 1.30 bits per heavy atom. The largest absolute Gasteiger partial charge is 0.470 e. The van der Waals surface area contributed by atoms with Gasteiger partial charge in [0.2, 0.25) is 4.38 Å². The van der Waals surface area contributed by atoms with E-state index in [0.717, 1.165) is 16.3 Å². The Kier molecular flexibility index (Phi) is 3.89. The summed E-state index contributed by atoms with van der Waals surface area (Å²) in [7, 11) is 0. The molecule has 2 unspecified atom stereocenters. The van der Waals surface area contributed by atoms with Gasteiger partial charge in [0.05, 0.1) is 0 Å². The zero-order valence-corrected chi connectivity index (χ0v) is 12.1. The van der Waals surface area contributed by atoms with Crippen molar-refractivity contribution in [3.63, 3.8) is 0 Å². The minimum Gasteiger partial charge on any atom is -0.470 e. The second-order valence-electron chi connectivity index (χ2n) is 4.41. The van der Waals surface area contributed by atoms with E-state index in [4.69, 9.17) is 21.7 Å². The van der Waals surface area contributed by atoms with Gasteiger partial charge in [-0.1, -0.05) is 54.2 Å². The first kappa shape index (κ1) is 13.4. The Hall–Kier alpha value is -1.59. The molecule has 2 atom stereocenters. The third kappa shape index (κ3) is 2.51. The molecule has 1 radical (unpaired) electrons. The zero-order chi connectivity index (χ0) is 13.9. The van der Waals surface area contributed by atoms with Gasteiger partial charge in [-0.25, -0.2) is 4.79 Å². The van der Waals surface area contributed by atoms with Gasteiger partial charge in [-0.3, -0.25) is 0 Å². The second-order valence-corrected chi connectivity index (χ2v) is 6.03. The van der Waals surface area contributed by atoms with Crippen LogP contribution in [0.4, 0.5) is 0 Å². The van der Waals surface area contributed by atoms with Crippen LogP contribution in [-0.2, 0) is 14.3 Å². The highest BCUT2D eigenvalue weighted by Crippen LogP contribution is 2.35. The molecule has 0 aliphatic carbocycles. The number of carbonyl (C=O) groups excluding carboxylic acids is 1. The van der Waals surface area contributed by atoms with Crippen LogP contribution in [0.1, 0.15) is 11.7 Å². The lowest BCUT2D eigenvalue weighted by molar-refractivity contribution is 0.0593. The average molecular weight is 303 g/mol. The fourth-order valence-corrected chi connectivity index (χ4v) is 3.44. The lowest BCUT2D eigenvalue weighted by Gasteiger charge is -2.21. The summed E-state index contributed by atoms with van der Waals surface area (Å²) in [5.41, 5.74) is 0.918. The average Bonchev–Trinajstić information content (AvgIpc) is 2.91.